The predicted octanol–water partition coefficient (Wildman–Crippen LogP) is 0.950. The molecule has 0 spiro atoms. The molecule has 0 radical (unpaired) electrons. The van der Waals surface area contributed by atoms with E-state index >= 15 is 0 Å². The topological polar surface area (TPSA) is 80.4 Å². The third-order valence-corrected chi connectivity index (χ3v) is 1.95. The van der Waals surface area contributed by atoms with Crippen molar-refractivity contribution in [2.45, 2.75) is 12.5 Å². The molecule has 0 bridgehead atoms. The first kappa shape index (κ1) is 12.3. The first-order valence-electron chi connectivity index (χ1n) is 4.38. The normalized spacial score (nSPS) is 12.2. The van der Waals surface area contributed by atoms with Crippen LogP contribution >= 0.6 is 0 Å². The molecule has 6 heteroatoms. The van der Waals surface area contributed by atoms with Gasteiger partial charge < -0.3 is 10.8 Å². The second kappa shape index (κ2) is 4.80. The van der Waals surface area contributed by atoms with Crippen molar-refractivity contribution in [1.29, 1.82) is 0 Å². The maximum atomic E-state index is 13.1. The van der Waals surface area contributed by atoms with Crippen molar-refractivity contribution >= 4 is 11.8 Å². The smallest absolute Gasteiger partial charge is 0.320 e. The second-order valence-corrected chi connectivity index (χ2v) is 3.20. The summed E-state index contributed by atoms with van der Waals surface area (Å²) < 4.78 is 25.8. The van der Waals surface area contributed by atoms with Gasteiger partial charge in [-0.2, -0.15) is 0 Å². The molecule has 1 aromatic rings. The highest BCUT2D eigenvalue weighted by atomic mass is 19.1. The van der Waals surface area contributed by atoms with Gasteiger partial charge in [-0.3, -0.25) is 9.59 Å². The summed E-state index contributed by atoms with van der Waals surface area (Å²) in [5.74, 6) is -3.88. The van der Waals surface area contributed by atoms with Gasteiger partial charge in [0.2, 0.25) is 0 Å². The zero-order valence-electron chi connectivity index (χ0n) is 8.11. The first-order chi connectivity index (χ1) is 7.41. The van der Waals surface area contributed by atoms with Gasteiger partial charge in [0.15, 0.2) is 5.78 Å². The molecule has 0 aliphatic heterocycles. The van der Waals surface area contributed by atoms with Gasteiger partial charge in [0.25, 0.3) is 0 Å². The minimum atomic E-state index is -1.42. The van der Waals surface area contributed by atoms with Gasteiger partial charge in [-0.05, 0) is 18.2 Å². The lowest BCUT2D eigenvalue weighted by Gasteiger charge is -2.06. The Kier molecular flexibility index (Phi) is 3.68. The number of carboxylic acid groups (broad SMARTS) is 1. The Bertz CT molecular complexity index is 434. The van der Waals surface area contributed by atoms with Crippen LogP contribution in [-0.4, -0.2) is 22.9 Å². The molecule has 0 aliphatic rings. The number of aliphatic carboxylic acids is 1. The monoisotopic (exact) mass is 229 g/mol. The molecular weight excluding hydrogens is 220 g/mol. The molecule has 16 heavy (non-hydrogen) atoms. The van der Waals surface area contributed by atoms with Gasteiger partial charge in [0, 0.05) is 6.42 Å². The molecule has 0 aliphatic carbocycles. The van der Waals surface area contributed by atoms with Gasteiger partial charge in [-0.15, -0.1) is 0 Å². The lowest BCUT2D eigenvalue weighted by Crippen LogP contribution is -2.32. The summed E-state index contributed by atoms with van der Waals surface area (Å²) in [6.07, 6.45) is -0.574. The second-order valence-electron chi connectivity index (χ2n) is 3.20. The van der Waals surface area contributed by atoms with Crippen LogP contribution in [0, 0.1) is 11.6 Å². The number of hydrogen-bond acceptors (Lipinski definition) is 3. The zero-order valence-corrected chi connectivity index (χ0v) is 8.11. The van der Waals surface area contributed by atoms with Crippen molar-refractivity contribution in [3.63, 3.8) is 0 Å². The Morgan fingerprint density at radius 3 is 2.56 bits per heavy atom. The predicted molar refractivity (Wildman–Crippen MR) is 50.9 cm³/mol. The largest absolute Gasteiger partial charge is 0.480 e. The number of Topliss-reactive ketones (excluding diaryl/α,β-unsaturated/α-hetero) is 1. The third kappa shape index (κ3) is 2.83. The van der Waals surface area contributed by atoms with Crippen LogP contribution in [0.5, 0.6) is 0 Å². The standard InChI is InChI=1S/C10H9F2NO3/c11-5-1-2-7(12)6(3-5)9(14)4-8(13)10(15)16/h1-3,8H,4,13H2,(H,15,16). The fourth-order valence-corrected chi connectivity index (χ4v) is 1.11. The van der Waals surface area contributed by atoms with Crippen LogP contribution in [0.3, 0.4) is 0 Å². The lowest BCUT2D eigenvalue weighted by molar-refractivity contribution is -0.138. The highest BCUT2D eigenvalue weighted by molar-refractivity contribution is 5.98. The van der Waals surface area contributed by atoms with Crippen molar-refractivity contribution in [2.75, 3.05) is 0 Å². The molecular formula is C10H9F2NO3. The molecule has 1 unspecified atom stereocenters. The molecule has 1 rings (SSSR count). The number of rotatable bonds is 4. The van der Waals surface area contributed by atoms with E-state index < -0.39 is 41.4 Å². The van der Waals surface area contributed by atoms with Crippen LogP contribution in [0.4, 0.5) is 8.78 Å². The molecule has 0 fully saturated rings. The summed E-state index contributed by atoms with van der Waals surface area (Å²) in [6.45, 7) is 0. The third-order valence-electron chi connectivity index (χ3n) is 1.95. The van der Waals surface area contributed by atoms with Crippen molar-refractivity contribution in [3.8, 4) is 0 Å². The minimum Gasteiger partial charge on any atom is -0.480 e. The molecule has 0 saturated carbocycles. The van der Waals surface area contributed by atoms with E-state index in [2.05, 4.69) is 0 Å². The molecule has 0 aromatic heterocycles. The van der Waals surface area contributed by atoms with Crippen LogP contribution in [0.2, 0.25) is 0 Å². The number of carboxylic acids is 1. The Balaban J connectivity index is 2.88. The van der Waals surface area contributed by atoms with Crippen LogP contribution in [-0.2, 0) is 4.79 Å². The van der Waals surface area contributed by atoms with E-state index in [-0.39, 0.29) is 0 Å². The number of hydrogen-bond donors (Lipinski definition) is 2. The van der Waals surface area contributed by atoms with Crippen molar-refractivity contribution in [1.82, 2.24) is 0 Å². The fourth-order valence-electron chi connectivity index (χ4n) is 1.11. The average molecular weight is 229 g/mol. The van der Waals surface area contributed by atoms with Gasteiger partial charge in [-0.25, -0.2) is 8.78 Å². The minimum absolute atomic E-state index is 0.489. The highest BCUT2D eigenvalue weighted by Crippen LogP contribution is 2.12. The van der Waals surface area contributed by atoms with E-state index in [9.17, 15) is 18.4 Å². The number of benzene rings is 1. The zero-order chi connectivity index (χ0) is 12.3. The van der Waals surface area contributed by atoms with Crippen LogP contribution in [0.15, 0.2) is 18.2 Å². The van der Waals surface area contributed by atoms with Crippen LogP contribution in [0.25, 0.3) is 0 Å². The molecule has 0 saturated heterocycles. The van der Waals surface area contributed by atoms with E-state index in [0.29, 0.717) is 6.07 Å². The summed E-state index contributed by atoms with van der Waals surface area (Å²) in [5, 5.41) is 8.46. The van der Waals surface area contributed by atoms with Crippen molar-refractivity contribution in [2.24, 2.45) is 5.73 Å². The summed E-state index contributed by atoms with van der Waals surface area (Å²) in [4.78, 5) is 21.8. The maximum absolute atomic E-state index is 13.1. The van der Waals surface area contributed by atoms with Crippen LogP contribution < -0.4 is 5.73 Å². The summed E-state index contributed by atoms with van der Waals surface area (Å²) in [5.41, 5.74) is 4.62. The summed E-state index contributed by atoms with van der Waals surface area (Å²) >= 11 is 0. The molecule has 1 aromatic carbocycles. The number of carbonyl (C=O) groups excluding carboxylic acids is 1. The lowest BCUT2D eigenvalue weighted by atomic mass is 10.0. The van der Waals surface area contributed by atoms with Crippen molar-refractivity contribution < 1.29 is 23.5 Å². The molecule has 4 nitrogen and oxygen atoms in total. The summed E-state index contributed by atoms with van der Waals surface area (Å²) in [6, 6.07) is 0.958. The molecule has 0 heterocycles. The van der Waals surface area contributed by atoms with Crippen LogP contribution in [0.1, 0.15) is 16.8 Å². The number of ketones is 1. The Labute approximate surface area is 89.7 Å². The number of carbonyl (C=O) groups is 2. The molecule has 0 amide bonds. The Morgan fingerprint density at radius 2 is 2.00 bits per heavy atom. The van der Waals surface area contributed by atoms with Gasteiger partial charge in [0.05, 0.1) is 5.56 Å². The highest BCUT2D eigenvalue weighted by Gasteiger charge is 2.20. The van der Waals surface area contributed by atoms with E-state index in [0.717, 1.165) is 12.1 Å². The molecule has 3 N–H and O–H groups in total. The van der Waals surface area contributed by atoms with E-state index in [1.54, 1.807) is 0 Å². The van der Waals surface area contributed by atoms with E-state index in [1.807, 2.05) is 0 Å². The fraction of sp³-hybridized carbons (Fsp3) is 0.200. The Hall–Kier alpha value is -1.82. The molecule has 1 atom stereocenters. The molecule has 86 valence electrons. The van der Waals surface area contributed by atoms with Gasteiger partial charge in [0.1, 0.15) is 17.7 Å². The Morgan fingerprint density at radius 1 is 1.38 bits per heavy atom. The quantitative estimate of drug-likeness (QED) is 0.753. The summed E-state index contributed by atoms with van der Waals surface area (Å²) in [7, 11) is 0. The van der Waals surface area contributed by atoms with E-state index in [4.69, 9.17) is 10.8 Å². The number of halogens is 2. The first-order valence-corrected chi connectivity index (χ1v) is 4.38. The van der Waals surface area contributed by atoms with E-state index in [1.165, 1.54) is 0 Å². The van der Waals surface area contributed by atoms with Gasteiger partial charge in [-0.1, -0.05) is 0 Å². The van der Waals surface area contributed by atoms with Crippen molar-refractivity contribution in [3.05, 3.63) is 35.4 Å². The maximum Gasteiger partial charge on any atom is 0.320 e. The average Bonchev–Trinajstić information content (AvgIpc) is 2.21. The SMILES string of the molecule is NC(CC(=O)c1cc(F)ccc1F)C(=O)O. The van der Waals surface area contributed by atoms with Gasteiger partial charge >= 0.3 is 5.97 Å². The number of nitrogens with two attached hydrogens (primary N) is 1.